The van der Waals surface area contributed by atoms with Crippen LogP contribution in [0.3, 0.4) is 0 Å². The van der Waals surface area contributed by atoms with Crippen LogP contribution in [-0.2, 0) is 0 Å². The van der Waals surface area contributed by atoms with Crippen LogP contribution >= 0.6 is 0 Å². The second-order valence-electron chi connectivity index (χ2n) is 6.50. The zero-order valence-corrected chi connectivity index (χ0v) is 12.7. The molecule has 0 heterocycles. The number of allylic oxidation sites excluding steroid dienone is 4. The third kappa shape index (κ3) is 3.72. The van der Waals surface area contributed by atoms with Gasteiger partial charge in [-0.25, -0.2) is 0 Å². The zero-order valence-electron chi connectivity index (χ0n) is 12.7. The van der Waals surface area contributed by atoms with Crippen molar-refractivity contribution in [3.05, 3.63) is 22.8 Å². The summed E-state index contributed by atoms with van der Waals surface area (Å²) >= 11 is 0. The van der Waals surface area contributed by atoms with E-state index in [1.54, 1.807) is 16.7 Å². The molecule has 0 amide bonds. The van der Waals surface area contributed by atoms with E-state index in [4.69, 9.17) is 0 Å². The maximum absolute atomic E-state index is 2.43. The lowest BCUT2D eigenvalue weighted by Gasteiger charge is -2.38. The first-order chi connectivity index (χ1) is 7.88. The summed E-state index contributed by atoms with van der Waals surface area (Å²) in [6, 6.07) is 0. The molecule has 0 heteroatoms. The fraction of sp³-hybridized carbons (Fsp3) is 0.765. The van der Waals surface area contributed by atoms with Crippen LogP contribution in [0, 0.1) is 11.3 Å². The molecule has 0 aromatic heterocycles. The van der Waals surface area contributed by atoms with Gasteiger partial charge >= 0.3 is 0 Å². The van der Waals surface area contributed by atoms with Crippen LogP contribution in [0.15, 0.2) is 22.8 Å². The predicted octanol–water partition coefficient (Wildman–Crippen LogP) is 5.90. The predicted molar refractivity (Wildman–Crippen MR) is 78.2 cm³/mol. The Morgan fingerprint density at radius 1 is 1.41 bits per heavy atom. The number of hydrogen-bond acceptors (Lipinski definition) is 0. The highest BCUT2D eigenvalue weighted by atomic mass is 14.4. The summed E-state index contributed by atoms with van der Waals surface area (Å²) in [5.74, 6) is 0.716. The molecule has 0 N–H and O–H groups in total. The summed E-state index contributed by atoms with van der Waals surface area (Å²) in [6.45, 7) is 14.1. The molecule has 1 rings (SSSR count). The molecule has 0 saturated carbocycles. The Balaban J connectivity index is 2.86. The Bertz CT molecular complexity index is 315. The van der Waals surface area contributed by atoms with Gasteiger partial charge in [0.1, 0.15) is 0 Å². The van der Waals surface area contributed by atoms with Crippen molar-refractivity contribution in [3.8, 4) is 0 Å². The first-order valence-corrected chi connectivity index (χ1v) is 7.24. The number of hydrogen-bond donors (Lipinski definition) is 0. The van der Waals surface area contributed by atoms with Gasteiger partial charge in [-0.05, 0) is 57.3 Å². The zero-order chi connectivity index (χ0) is 13.1. The minimum atomic E-state index is 0.425. The van der Waals surface area contributed by atoms with Gasteiger partial charge in [-0.15, -0.1) is 0 Å². The van der Waals surface area contributed by atoms with Crippen molar-refractivity contribution in [1.29, 1.82) is 0 Å². The average Bonchev–Trinajstić information content (AvgIpc) is 2.15. The molecule has 0 fully saturated rings. The van der Waals surface area contributed by atoms with Crippen molar-refractivity contribution in [2.75, 3.05) is 0 Å². The second-order valence-corrected chi connectivity index (χ2v) is 6.50. The standard InChI is InChI=1S/C17H30/c1-7-9-13(2)12-15(4)16-14(3)10-8-11-17(16,5)6/h9,15H,7-8,10-12H2,1-6H3. The van der Waals surface area contributed by atoms with Crippen molar-refractivity contribution < 1.29 is 0 Å². The highest BCUT2D eigenvalue weighted by Gasteiger charge is 2.31. The molecular formula is C17H30. The second kappa shape index (κ2) is 5.89. The molecule has 1 aliphatic carbocycles. The molecule has 98 valence electrons. The third-order valence-corrected chi connectivity index (χ3v) is 4.22. The molecule has 1 unspecified atom stereocenters. The lowest BCUT2D eigenvalue weighted by molar-refractivity contribution is 0.327. The van der Waals surface area contributed by atoms with E-state index in [0.717, 1.165) is 0 Å². The quantitative estimate of drug-likeness (QED) is 0.532. The van der Waals surface area contributed by atoms with Gasteiger partial charge < -0.3 is 0 Å². The lowest BCUT2D eigenvalue weighted by Crippen LogP contribution is -2.25. The Hall–Kier alpha value is -0.520. The molecule has 0 bridgehead atoms. The minimum Gasteiger partial charge on any atom is -0.0859 e. The van der Waals surface area contributed by atoms with Crippen LogP contribution in [0.4, 0.5) is 0 Å². The molecular weight excluding hydrogens is 204 g/mol. The van der Waals surface area contributed by atoms with Crippen LogP contribution in [0.2, 0.25) is 0 Å². The molecule has 0 aliphatic heterocycles. The molecule has 0 radical (unpaired) electrons. The summed E-state index contributed by atoms with van der Waals surface area (Å²) in [6.07, 6.45) is 8.84. The fourth-order valence-electron chi connectivity index (χ4n) is 3.75. The topological polar surface area (TPSA) is 0 Å². The monoisotopic (exact) mass is 234 g/mol. The average molecular weight is 234 g/mol. The van der Waals surface area contributed by atoms with E-state index in [1.807, 2.05) is 0 Å². The highest BCUT2D eigenvalue weighted by molar-refractivity contribution is 5.25. The molecule has 0 aromatic rings. The maximum Gasteiger partial charge on any atom is -0.0139 e. The molecule has 0 aromatic carbocycles. The van der Waals surface area contributed by atoms with Crippen LogP contribution in [0.5, 0.6) is 0 Å². The highest BCUT2D eigenvalue weighted by Crippen LogP contribution is 2.45. The fourth-order valence-corrected chi connectivity index (χ4v) is 3.75. The van der Waals surface area contributed by atoms with E-state index in [0.29, 0.717) is 11.3 Å². The van der Waals surface area contributed by atoms with Gasteiger partial charge in [0.05, 0.1) is 0 Å². The van der Waals surface area contributed by atoms with Crippen molar-refractivity contribution in [1.82, 2.24) is 0 Å². The Morgan fingerprint density at radius 2 is 2.06 bits per heavy atom. The van der Waals surface area contributed by atoms with E-state index in [2.05, 4.69) is 47.6 Å². The van der Waals surface area contributed by atoms with Gasteiger partial charge in [-0.2, -0.15) is 0 Å². The van der Waals surface area contributed by atoms with Crippen LogP contribution < -0.4 is 0 Å². The normalized spacial score (nSPS) is 22.8. The summed E-state index contributed by atoms with van der Waals surface area (Å²) < 4.78 is 0. The van der Waals surface area contributed by atoms with Gasteiger partial charge in [-0.3, -0.25) is 0 Å². The van der Waals surface area contributed by atoms with Gasteiger partial charge in [-0.1, -0.05) is 50.5 Å². The number of rotatable bonds is 4. The van der Waals surface area contributed by atoms with Crippen molar-refractivity contribution in [2.45, 2.75) is 73.6 Å². The van der Waals surface area contributed by atoms with Crippen molar-refractivity contribution in [2.24, 2.45) is 11.3 Å². The lowest BCUT2D eigenvalue weighted by atomic mass is 9.67. The van der Waals surface area contributed by atoms with Gasteiger partial charge in [0, 0.05) is 0 Å². The van der Waals surface area contributed by atoms with Crippen LogP contribution in [0.25, 0.3) is 0 Å². The molecule has 1 atom stereocenters. The van der Waals surface area contributed by atoms with Crippen molar-refractivity contribution in [3.63, 3.8) is 0 Å². The summed E-state index contributed by atoms with van der Waals surface area (Å²) in [7, 11) is 0. The SMILES string of the molecule is CCC=C(C)CC(C)C1=C(C)CCCC1(C)C. The van der Waals surface area contributed by atoms with Gasteiger partial charge in [0.2, 0.25) is 0 Å². The molecule has 17 heavy (non-hydrogen) atoms. The first kappa shape index (κ1) is 14.5. The third-order valence-electron chi connectivity index (χ3n) is 4.22. The van der Waals surface area contributed by atoms with E-state index in [-0.39, 0.29) is 0 Å². The van der Waals surface area contributed by atoms with Crippen LogP contribution in [0.1, 0.15) is 73.6 Å². The van der Waals surface area contributed by atoms with Gasteiger partial charge in [0.15, 0.2) is 0 Å². The van der Waals surface area contributed by atoms with E-state index in [9.17, 15) is 0 Å². The summed E-state index contributed by atoms with van der Waals surface area (Å²) in [5, 5.41) is 0. The Labute approximate surface area is 108 Å². The van der Waals surface area contributed by atoms with E-state index in [1.165, 1.54) is 32.1 Å². The summed E-state index contributed by atoms with van der Waals surface area (Å²) in [5.41, 5.74) is 5.39. The molecule has 0 saturated heterocycles. The van der Waals surface area contributed by atoms with E-state index < -0.39 is 0 Å². The molecule has 0 nitrogen and oxygen atoms in total. The Kier molecular flexibility index (Phi) is 5.04. The summed E-state index contributed by atoms with van der Waals surface area (Å²) in [4.78, 5) is 0. The molecule has 1 aliphatic rings. The molecule has 0 spiro atoms. The van der Waals surface area contributed by atoms with Gasteiger partial charge in [0.25, 0.3) is 0 Å². The van der Waals surface area contributed by atoms with Crippen LogP contribution in [-0.4, -0.2) is 0 Å². The van der Waals surface area contributed by atoms with E-state index >= 15 is 0 Å². The minimum absolute atomic E-state index is 0.425. The first-order valence-electron chi connectivity index (χ1n) is 7.24. The smallest absolute Gasteiger partial charge is 0.0139 e. The Morgan fingerprint density at radius 3 is 2.59 bits per heavy atom. The maximum atomic E-state index is 2.43. The largest absolute Gasteiger partial charge is 0.0859 e. The van der Waals surface area contributed by atoms with Crippen molar-refractivity contribution >= 4 is 0 Å².